The monoisotopic (exact) mass is 254 g/mol. The first kappa shape index (κ1) is 19.0. The van der Waals surface area contributed by atoms with Crippen LogP contribution < -0.4 is 11.5 Å². The lowest BCUT2D eigenvalue weighted by molar-refractivity contribution is -0.140. The van der Waals surface area contributed by atoms with Gasteiger partial charge >= 0.3 is 5.97 Å². The fourth-order valence-corrected chi connectivity index (χ4v) is 2.50. The third kappa shape index (κ3) is 2.60. The van der Waals surface area contributed by atoms with E-state index in [2.05, 4.69) is 31.4 Å². The van der Waals surface area contributed by atoms with Crippen LogP contribution in [0.25, 0.3) is 0 Å². The van der Waals surface area contributed by atoms with E-state index in [0.717, 1.165) is 0 Å². The lowest BCUT2D eigenvalue weighted by Crippen LogP contribution is -2.69. The fourth-order valence-electron chi connectivity index (χ4n) is 2.50. The Bertz CT molecular complexity index is 375. The van der Waals surface area contributed by atoms with E-state index in [4.69, 9.17) is 11.5 Å². The van der Waals surface area contributed by atoms with Crippen LogP contribution in [0.3, 0.4) is 0 Å². The molecule has 0 spiro atoms. The number of nitrogens with two attached hydrogens (primary N) is 2. The maximum Gasteiger partial charge on any atom is 0.313 e. The molecule has 0 aromatic carbocycles. The van der Waals surface area contributed by atoms with Gasteiger partial charge < -0.3 is 16.6 Å². The molecule has 0 amide bonds. The number of hydrogen-bond acceptors (Lipinski definition) is 3. The van der Waals surface area contributed by atoms with Crippen molar-refractivity contribution in [3.8, 4) is 0 Å². The molecule has 96 valence electrons. The van der Waals surface area contributed by atoms with Crippen molar-refractivity contribution >= 4 is 76.6 Å². The number of hydrogen-bond donors (Lipinski definition) is 3. The Morgan fingerprint density at radius 2 is 1.05 bits per heavy atom. The Morgan fingerprint density at radius 3 is 1.26 bits per heavy atom. The summed E-state index contributed by atoms with van der Waals surface area (Å²) in [7, 11) is 17.6. The molecule has 0 radical (unpaired) electrons. The average Bonchev–Trinajstić information content (AvgIpc) is 2.14. The number of rotatable bonds is 5. The zero-order chi connectivity index (χ0) is 16.1. The minimum Gasteiger partial charge on any atom is -0.480 e. The van der Waals surface area contributed by atoms with E-state index in [1.807, 2.05) is 31.4 Å². The predicted molar refractivity (Wildman–Crippen MR) is 106 cm³/mol. The maximum absolute atomic E-state index is 11.5. The molecule has 0 saturated heterocycles. The van der Waals surface area contributed by atoms with Crippen molar-refractivity contribution in [1.29, 1.82) is 0 Å². The highest BCUT2D eigenvalue weighted by Gasteiger charge is 2.58. The zero-order valence-electron chi connectivity index (χ0n) is 14.0. The molecule has 1 atom stereocenters. The van der Waals surface area contributed by atoms with Gasteiger partial charge in [-0.15, -0.1) is 0 Å². The van der Waals surface area contributed by atoms with Crippen molar-refractivity contribution < 1.29 is 9.90 Å². The normalized spacial score (nSPS) is 17.6. The molecule has 0 aromatic heterocycles. The molecule has 0 saturated carbocycles. The molecule has 0 aliphatic heterocycles. The van der Waals surface area contributed by atoms with Crippen molar-refractivity contribution in [3.05, 3.63) is 0 Å². The van der Waals surface area contributed by atoms with Gasteiger partial charge in [-0.3, -0.25) is 4.79 Å². The van der Waals surface area contributed by atoms with Gasteiger partial charge in [0.2, 0.25) is 0 Å². The Labute approximate surface area is 125 Å². The van der Waals surface area contributed by atoms with Crippen LogP contribution >= 0.6 is 0 Å². The van der Waals surface area contributed by atoms with E-state index in [-0.39, 0.29) is 10.4 Å². The molecule has 0 aromatic rings. The number of aliphatic carboxylic acids is 1. The van der Waals surface area contributed by atoms with E-state index in [1.165, 1.54) is 0 Å². The van der Waals surface area contributed by atoms with E-state index >= 15 is 0 Å². The third-order valence-corrected chi connectivity index (χ3v) is 6.48. The molecule has 0 fully saturated rings. The first-order chi connectivity index (χ1) is 7.94. The molecular weight excluding hydrogens is 229 g/mol. The molecule has 13 heteroatoms. The highest BCUT2D eigenvalue weighted by molar-refractivity contribution is 6.67. The molecule has 0 heterocycles. The van der Waals surface area contributed by atoms with E-state index in [1.54, 1.807) is 7.85 Å². The molecule has 5 N–H and O–H groups in total. The van der Waals surface area contributed by atoms with E-state index < -0.39 is 22.0 Å². The van der Waals surface area contributed by atoms with Crippen molar-refractivity contribution in [1.82, 2.24) is 0 Å². The lowest BCUT2D eigenvalue weighted by atomic mass is 9.10. The first-order valence-corrected chi connectivity index (χ1v) is 6.76. The van der Waals surface area contributed by atoms with Crippen molar-refractivity contribution in [2.75, 3.05) is 0 Å². The second-order valence-corrected chi connectivity index (χ2v) is 8.10. The van der Waals surface area contributed by atoms with Crippen LogP contribution in [0.1, 0.15) is 0 Å². The summed E-state index contributed by atoms with van der Waals surface area (Å²) < 4.78 is 0. The van der Waals surface area contributed by atoms with Crippen LogP contribution in [0.5, 0.6) is 0 Å². The highest BCUT2D eigenvalue weighted by atomic mass is 16.4. The summed E-state index contributed by atoms with van der Waals surface area (Å²) in [5.74, 6) is -0.990. The molecule has 4 nitrogen and oxygen atoms in total. The molecule has 0 bridgehead atoms. The maximum atomic E-state index is 11.5. The summed E-state index contributed by atoms with van der Waals surface area (Å²) in [6.45, 7) is 0. The molecule has 19 heavy (non-hydrogen) atoms. The van der Waals surface area contributed by atoms with Gasteiger partial charge in [0.1, 0.15) is 39.2 Å². The van der Waals surface area contributed by atoms with Crippen LogP contribution in [0.2, 0.25) is 15.6 Å². The van der Waals surface area contributed by atoms with Gasteiger partial charge in [0.05, 0.1) is 36.8 Å². The van der Waals surface area contributed by atoms with Gasteiger partial charge in [-0.1, -0.05) is 21.0 Å². The Morgan fingerprint density at radius 1 is 0.737 bits per heavy atom. The standard InChI is InChI=1S/C6H23B9N2O2/c7-2(16,1(18)19)3(8,9)4(10,11)5(12,13)6(14,15)17/h7-17H2,(H,18,19). The van der Waals surface area contributed by atoms with Crippen molar-refractivity contribution in [2.24, 2.45) is 11.5 Å². The number of carboxylic acids is 1. The smallest absolute Gasteiger partial charge is 0.313 e. The van der Waals surface area contributed by atoms with Crippen LogP contribution in [0.4, 0.5) is 0 Å². The molecule has 0 rings (SSSR count). The average molecular weight is 253 g/mol. The van der Waals surface area contributed by atoms with Gasteiger partial charge in [0.15, 0.2) is 0 Å². The van der Waals surface area contributed by atoms with Gasteiger partial charge in [-0.25, -0.2) is 0 Å². The quantitative estimate of drug-likeness (QED) is 0.424. The molecule has 0 aliphatic carbocycles. The van der Waals surface area contributed by atoms with Gasteiger partial charge in [0, 0.05) is 0 Å². The van der Waals surface area contributed by atoms with Crippen LogP contribution in [-0.4, -0.2) is 92.5 Å². The van der Waals surface area contributed by atoms with Gasteiger partial charge in [-0.2, -0.15) is 0 Å². The second-order valence-electron chi connectivity index (χ2n) is 8.10. The summed E-state index contributed by atoms with van der Waals surface area (Å²) >= 11 is 0. The van der Waals surface area contributed by atoms with E-state index in [9.17, 15) is 9.90 Å². The van der Waals surface area contributed by atoms with Gasteiger partial charge in [-0.05, 0) is 0 Å². The van der Waals surface area contributed by atoms with Crippen LogP contribution in [0.15, 0.2) is 0 Å². The highest BCUT2D eigenvalue weighted by Crippen LogP contribution is 2.61. The van der Waals surface area contributed by atoms with E-state index in [0.29, 0.717) is 0 Å². The van der Waals surface area contributed by atoms with Crippen molar-refractivity contribution in [2.45, 2.75) is 26.4 Å². The van der Waals surface area contributed by atoms with Crippen molar-refractivity contribution in [3.63, 3.8) is 0 Å². The number of carbonyl (C=O) groups is 1. The first-order valence-electron chi connectivity index (χ1n) is 6.76. The molecule has 1 unspecified atom stereocenters. The lowest BCUT2D eigenvalue weighted by Gasteiger charge is -2.63. The summed E-state index contributed by atoms with van der Waals surface area (Å²) in [5.41, 5.74) is 11.1. The molecular formula is C6H23B9N2O2. The Balaban J connectivity index is 5.99. The van der Waals surface area contributed by atoms with Crippen LogP contribution in [-0.2, 0) is 4.79 Å². The fraction of sp³-hybridized carbons (Fsp3) is 0.833. The third-order valence-electron chi connectivity index (χ3n) is 6.48. The van der Waals surface area contributed by atoms with Gasteiger partial charge in [0.25, 0.3) is 0 Å². The topological polar surface area (TPSA) is 89.3 Å². The summed E-state index contributed by atoms with van der Waals surface area (Å²) in [5, 5.41) is 7.65. The second kappa shape index (κ2) is 4.76. The minimum atomic E-state index is -1.33. The number of carboxylic acid groups (broad SMARTS) is 1. The molecule has 0 aliphatic rings. The summed E-state index contributed by atoms with van der Waals surface area (Å²) in [6.07, 6.45) is 0. The Hall–Kier alpha value is -0.0256. The SMILES string of the molecule is BC(B)(N)C(B)(B)C(B)(B)C(B)(B)C(B)(N)C(=O)O. The zero-order valence-corrected chi connectivity index (χ0v) is 14.0. The Kier molecular flexibility index (Phi) is 4.76. The summed E-state index contributed by atoms with van der Waals surface area (Å²) in [4.78, 5) is 11.5. The van der Waals surface area contributed by atoms with Crippen LogP contribution in [0, 0.1) is 0 Å². The largest absolute Gasteiger partial charge is 0.480 e. The minimum absolute atomic E-state index is 0.306. The predicted octanol–water partition coefficient (Wildman–Crippen LogP) is -9.61. The summed E-state index contributed by atoms with van der Waals surface area (Å²) in [6, 6.07) is 0.